The van der Waals surface area contributed by atoms with Gasteiger partial charge in [-0.05, 0) is 47.9 Å². The van der Waals surface area contributed by atoms with Crippen molar-refractivity contribution in [1.82, 2.24) is 4.98 Å². The Morgan fingerprint density at radius 3 is 2.65 bits per heavy atom. The number of carboxylic acids is 1. The van der Waals surface area contributed by atoms with Crippen LogP contribution in [0.3, 0.4) is 0 Å². The summed E-state index contributed by atoms with van der Waals surface area (Å²) in [5.74, 6) is -1.25. The number of aromatic nitrogens is 1. The highest BCUT2D eigenvalue weighted by Crippen LogP contribution is 2.24. The van der Waals surface area contributed by atoms with Gasteiger partial charge in [0.1, 0.15) is 5.56 Å². The molecule has 116 valence electrons. The highest BCUT2D eigenvalue weighted by Gasteiger charge is 2.12. The molecule has 0 amide bonds. The van der Waals surface area contributed by atoms with Crippen LogP contribution in [0.2, 0.25) is 10.0 Å². The summed E-state index contributed by atoms with van der Waals surface area (Å²) in [5, 5.41) is 10.5. The zero-order valence-electron chi connectivity index (χ0n) is 11.8. The van der Waals surface area contributed by atoms with Crippen molar-refractivity contribution < 1.29 is 9.90 Å². The zero-order valence-corrected chi connectivity index (χ0v) is 13.3. The summed E-state index contributed by atoms with van der Waals surface area (Å²) in [5.41, 5.74) is 1.47. The van der Waals surface area contributed by atoms with Gasteiger partial charge in [-0.15, -0.1) is 0 Å². The number of benzene rings is 2. The van der Waals surface area contributed by atoms with Crippen LogP contribution in [-0.2, 0) is 6.42 Å². The first-order valence-electron chi connectivity index (χ1n) is 6.77. The normalized spacial score (nSPS) is 10.9. The van der Waals surface area contributed by atoms with E-state index in [9.17, 15) is 9.59 Å². The molecule has 0 aliphatic rings. The molecule has 6 heteroatoms. The van der Waals surface area contributed by atoms with E-state index in [4.69, 9.17) is 28.3 Å². The number of fused-ring (bicyclic) bond motifs is 1. The Bertz CT molecular complexity index is 979. The Hall–Kier alpha value is -2.30. The lowest BCUT2D eigenvalue weighted by atomic mass is 10.0. The van der Waals surface area contributed by atoms with E-state index < -0.39 is 11.4 Å². The number of carbonyl (C=O) groups is 1. The van der Waals surface area contributed by atoms with Gasteiger partial charge in [0.2, 0.25) is 5.43 Å². The standard InChI is InChI=1S/C17H11Cl2NO3/c18-11-2-3-14(19)10(7-11)5-9-1-4-15-12(6-9)16(21)13(8-20-15)17(22)23/h1-4,6-8H,5H2,(H,20,21)(H,22,23). The molecule has 23 heavy (non-hydrogen) atoms. The lowest BCUT2D eigenvalue weighted by Crippen LogP contribution is -2.15. The van der Waals surface area contributed by atoms with Crippen molar-refractivity contribution in [3.05, 3.63) is 79.6 Å². The molecule has 1 heterocycles. The van der Waals surface area contributed by atoms with Gasteiger partial charge in [-0.3, -0.25) is 4.79 Å². The van der Waals surface area contributed by atoms with Crippen LogP contribution < -0.4 is 5.43 Å². The molecule has 0 saturated heterocycles. The molecule has 1 aromatic heterocycles. The molecular formula is C17H11Cl2NO3. The second kappa shape index (κ2) is 6.07. The van der Waals surface area contributed by atoms with Gasteiger partial charge in [-0.2, -0.15) is 0 Å². The number of hydrogen-bond donors (Lipinski definition) is 2. The molecule has 0 fully saturated rings. The van der Waals surface area contributed by atoms with Crippen LogP contribution in [0.5, 0.6) is 0 Å². The molecule has 0 bridgehead atoms. The predicted octanol–water partition coefficient (Wildman–Crippen LogP) is 4.12. The molecular weight excluding hydrogens is 337 g/mol. The van der Waals surface area contributed by atoms with Crippen LogP contribution in [-0.4, -0.2) is 16.1 Å². The molecule has 4 nitrogen and oxygen atoms in total. The molecule has 0 saturated carbocycles. The van der Waals surface area contributed by atoms with E-state index in [2.05, 4.69) is 4.98 Å². The molecule has 2 N–H and O–H groups in total. The lowest BCUT2D eigenvalue weighted by molar-refractivity contribution is 0.0695. The third-order valence-corrected chi connectivity index (χ3v) is 4.18. The van der Waals surface area contributed by atoms with Gasteiger partial charge >= 0.3 is 5.97 Å². The molecule has 3 aromatic rings. The van der Waals surface area contributed by atoms with Crippen molar-refractivity contribution in [3.8, 4) is 0 Å². The first kappa shape index (κ1) is 15.6. The minimum absolute atomic E-state index is 0.282. The lowest BCUT2D eigenvalue weighted by Gasteiger charge is -2.07. The Balaban J connectivity index is 2.09. The van der Waals surface area contributed by atoms with Gasteiger partial charge in [-0.25, -0.2) is 4.79 Å². The van der Waals surface area contributed by atoms with Gasteiger partial charge < -0.3 is 10.1 Å². The number of halogens is 2. The molecule has 0 atom stereocenters. The van der Waals surface area contributed by atoms with Gasteiger partial charge in [0.15, 0.2) is 0 Å². The number of pyridine rings is 1. The monoisotopic (exact) mass is 347 g/mol. The van der Waals surface area contributed by atoms with Crippen LogP contribution in [0.4, 0.5) is 0 Å². The second-order valence-corrected chi connectivity index (χ2v) is 5.97. The first-order chi connectivity index (χ1) is 11.0. The van der Waals surface area contributed by atoms with Crippen molar-refractivity contribution >= 4 is 40.1 Å². The SMILES string of the molecule is O=C(O)c1c[nH]c2ccc(Cc3cc(Cl)ccc3Cl)cc2c1=O. The summed E-state index contributed by atoms with van der Waals surface area (Å²) in [6.45, 7) is 0. The Kier molecular flexibility index (Phi) is 4.11. The fourth-order valence-electron chi connectivity index (χ4n) is 2.43. The first-order valence-corrected chi connectivity index (χ1v) is 7.53. The van der Waals surface area contributed by atoms with E-state index in [1.165, 1.54) is 6.20 Å². The summed E-state index contributed by atoms with van der Waals surface area (Å²) in [7, 11) is 0. The van der Waals surface area contributed by atoms with Crippen LogP contribution >= 0.6 is 23.2 Å². The number of rotatable bonds is 3. The van der Waals surface area contributed by atoms with Crippen molar-refractivity contribution in [3.63, 3.8) is 0 Å². The minimum atomic E-state index is -1.25. The van der Waals surface area contributed by atoms with E-state index >= 15 is 0 Å². The van der Waals surface area contributed by atoms with Crippen LogP contribution in [0, 0.1) is 0 Å². The second-order valence-electron chi connectivity index (χ2n) is 5.13. The maximum atomic E-state index is 12.2. The average Bonchev–Trinajstić information content (AvgIpc) is 2.51. The Morgan fingerprint density at radius 2 is 1.91 bits per heavy atom. The van der Waals surface area contributed by atoms with Gasteiger partial charge in [0.25, 0.3) is 0 Å². The van der Waals surface area contributed by atoms with E-state index in [0.717, 1.165) is 11.1 Å². The fourth-order valence-corrected chi connectivity index (χ4v) is 2.81. The summed E-state index contributed by atoms with van der Waals surface area (Å²) in [6.07, 6.45) is 1.70. The maximum absolute atomic E-state index is 12.2. The molecule has 2 aromatic carbocycles. The topological polar surface area (TPSA) is 70.2 Å². The summed E-state index contributed by atoms with van der Waals surface area (Å²) >= 11 is 12.1. The fraction of sp³-hybridized carbons (Fsp3) is 0.0588. The molecule has 3 rings (SSSR count). The quantitative estimate of drug-likeness (QED) is 0.748. The third kappa shape index (κ3) is 3.09. The highest BCUT2D eigenvalue weighted by molar-refractivity contribution is 6.33. The average molecular weight is 348 g/mol. The third-order valence-electron chi connectivity index (χ3n) is 3.58. The predicted molar refractivity (Wildman–Crippen MR) is 90.8 cm³/mol. The molecule has 0 aliphatic heterocycles. The Labute approximate surface area is 141 Å². The van der Waals surface area contributed by atoms with E-state index in [1.54, 1.807) is 30.3 Å². The van der Waals surface area contributed by atoms with Crippen molar-refractivity contribution in [2.75, 3.05) is 0 Å². The minimum Gasteiger partial charge on any atom is -0.477 e. The largest absolute Gasteiger partial charge is 0.477 e. The van der Waals surface area contributed by atoms with Gasteiger partial charge in [0, 0.05) is 27.1 Å². The van der Waals surface area contributed by atoms with E-state index in [1.807, 2.05) is 6.07 Å². The number of H-pyrrole nitrogens is 1. The van der Waals surface area contributed by atoms with Crippen LogP contribution in [0.1, 0.15) is 21.5 Å². The van der Waals surface area contributed by atoms with E-state index in [-0.39, 0.29) is 5.56 Å². The zero-order chi connectivity index (χ0) is 16.6. The highest BCUT2D eigenvalue weighted by atomic mass is 35.5. The maximum Gasteiger partial charge on any atom is 0.341 e. The number of aromatic carboxylic acids is 1. The van der Waals surface area contributed by atoms with Crippen molar-refractivity contribution in [2.45, 2.75) is 6.42 Å². The number of hydrogen-bond acceptors (Lipinski definition) is 2. The molecule has 0 radical (unpaired) electrons. The van der Waals surface area contributed by atoms with Gasteiger partial charge in [0.05, 0.1) is 0 Å². The summed E-state index contributed by atoms with van der Waals surface area (Å²) in [6, 6.07) is 10.5. The smallest absolute Gasteiger partial charge is 0.341 e. The molecule has 0 aliphatic carbocycles. The van der Waals surface area contributed by atoms with E-state index in [0.29, 0.717) is 27.4 Å². The Morgan fingerprint density at radius 1 is 1.13 bits per heavy atom. The number of nitrogens with one attached hydrogen (secondary N) is 1. The summed E-state index contributed by atoms with van der Waals surface area (Å²) in [4.78, 5) is 26.1. The number of aromatic amines is 1. The van der Waals surface area contributed by atoms with Crippen molar-refractivity contribution in [2.24, 2.45) is 0 Å². The van der Waals surface area contributed by atoms with Crippen molar-refractivity contribution in [1.29, 1.82) is 0 Å². The summed E-state index contributed by atoms with van der Waals surface area (Å²) < 4.78 is 0. The molecule has 0 spiro atoms. The van der Waals surface area contributed by atoms with Crippen LogP contribution in [0.15, 0.2) is 47.4 Å². The van der Waals surface area contributed by atoms with Gasteiger partial charge in [-0.1, -0.05) is 29.3 Å². The van der Waals surface area contributed by atoms with Crippen LogP contribution in [0.25, 0.3) is 10.9 Å². The molecule has 0 unspecified atom stereocenters. The number of carboxylic acid groups (broad SMARTS) is 1.